The number of phenolic OH excluding ortho intramolecular Hbond substituents is 1. The van der Waals surface area contributed by atoms with Crippen LogP contribution >= 0.6 is 15.9 Å². The number of hydrogen-bond acceptors (Lipinski definition) is 3. The number of hydrogen-bond donors (Lipinski definition) is 3. The highest BCUT2D eigenvalue weighted by atomic mass is 79.9. The summed E-state index contributed by atoms with van der Waals surface area (Å²) in [5.74, 6) is 0.103. The molecule has 1 rings (SSSR count). The van der Waals surface area contributed by atoms with Gasteiger partial charge in [0.05, 0.1) is 12.6 Å². The van der Waals surface area contributed by atoms with Crippen molar-refractivity contribution in [3.8, 4) is 5.75 Å². The van der Waals surface area contributed by atoms with Gasteiger partial charge < -0.3 is 15.9 Å². The van der Waals surface area contributed by atoms with Gasteiger partial charge in [-0.1, -0.05) is 22.0 Å². The molecule has 0 spiro atoms. The number of halogens is 1. The van der Waals surface area contributed by atoms with E-state index in [4.69, 9.17) is 10.8 Å². The van der Waals surface area contributed by atoms with Crippen LogP contribution < -0.4 is 5.73 Å². The smallest absolute Gasteiger partial charge is 0.121 e. The number of nitrogens with two attached hydrogens (primary N) is 1. The fraction of sp³-hybridized carbons (Fsp3) is 0.250. The Bertz CT molecular complexity index is 278. The van der Waals surface area contributed by atoms with E-state index in [2.05, 4.69) is 15.9 Å². The molecule has 0 fully saturated rings. The van der Waals surface area contributed by atoms with E-state index in [0.717, 1.165) is 4.47 Å². The van der Waals surface area contributed by atoms with Crippen LogP contribution in [0.5, 0.6) is 5.75 Å². The second-order valence-electron chi connectivity index (χ2n) is 2.49. The molecule has 0 heterocycles. The van der Waals surface area contributed by atoms with E-state index in [1.807, 2.05) is 0 Å². The van der Waals surface area contributed by atoms with Crippen molar-refractivity contribution < 1.29 is 10.2 Å². The molecule has 0 saturated heterocycles. The summed E-state index contributed by atoms with van der Waals surface area (Å²) in [5, 5.41) is 18.1. The van der Waals surface area contributed by atoms with E-state index in [-0.39, 0.29) is 12.4 Å². The largest absolute Gasteiger partial charge is 0.508 e. The minimum atomic E-state index is -0.516. The van der Waals surface area contributed by atoms with Gasteiger partial charge in [0.1, 0.15) is 5.75 Å². The normalized spacial score (nSPS) is 12.9. The van der Waals surface area contributed by atoms with Crippen LogP contribution in [-0.2, 0) is 0 Å². The highest BCUT2D eigenvalue weighted by Crippen LogP contribution is 2.25. The molecule has 0 aliphatic carbocycles. The molecule has 0 aromatic heterocycles. The first-order valence-corrected chi connectivity index (χ1v) is 4.29. The standard InChI is InChI=1S/C8H10BrNO2/c9-5-1-2-6(7(10)4-11)8(12)3-5/h1-3,7,11-12H,4,10H2/t7-/m0/s1. The molecule has 4 N–H and O–H groups in total. The first-order chi connectivity index (χ1) is 5.65. The van der Waals surface area contributed by atoms with Crippen LogP contribution in [0.2, 0.25) is 0 Å². The number of benzene rings is 1. The Morgan fingerprint density at radius 2 is 2.17 bits per heavy atom. The molecule has 0 unspecified atom stereocenters. The molecule has 0 radical (unpaired) electrons. The van der Waals surface area contributed by atoms with Crippen LogP contribution in [0.15, 0.2) is 22.7 Å². The summed E-state index contributed by atoms with van der Waals surface area (Å²) in [7, 11) is 0. The first-order valence-electron chi connectivity index (χ1n) is 3.50. The van der Waals surface area contributed by atoms with Gasteiger partial charge >= 0.3 is 0 Å². The average molecular weight is 232 g/mol. The lowest BCUT2D eigenvalue weighted by atomic mass is 10.1. The maximum Gasteiger partial charge on any atom is 0.121 e. The van der Waals surface area contributed by atoms with Crippen molar-refractivity contribution in [2.24, 2.45) is 5.73 Å². The van der Waals surface area contributed by atoms with Crippen molar-refractivity contribution in [3.63, 3.8) is 0 Å². The highest BCUT2D eigenvalue weighted by Gasteiger charge is 2.08. The topological polar surface area (TPSA) is 66.5 Å². The molecule has 0 aliphatic rings. The van der Waals surface area contributed by atoms with Gasteiger partial charge in [-0.3, -0.25) is 0 Å². The fourth-order valence-corrected chi connectivity index (χ4v) is 1.28. The van der Waals surface area contributed by atoms with Crippen molar-refractivity contribution >= 4 is 15.9 Å². The van der Waals surface area contributed by atoms with Crippen LogP contribution in [0.1, 0.15) is 11.6 Å². The van der Waals surface area contributed by atoms with E-state index in [1.54, 1.807) is 18.2 Å². The van der Waals surface area contributed by atoms with E-state index in [0.29, 0.717) is 5.56 Å². The molecular formula is C8H10BrNO2. The summed E-state index contributed by atoms with van der Waals surface area (Å²) in [6, 6.07) is 4.48. The number of phenols is 1. The molecule has 1 aromatic carbocycles. The van der Waals surface area contributed by atoms with Crippen molar-refractivity contribution in [1.82, 2.24) is 0 Å². The predicted molar refractivity (Wildman–Crippen MR) is 49.8 cm³/mol. The third-order valence-corrected chi connectivity index (χ3v) is 2.08. The van der Waals surface area contributed by atoms with Crippen LogP contribution in [0, 0.1) is 0 Å². The lowest BCUT2D eigenvalue weighted by Gasteiger charge is -2.10. The van der Waals surface area contributed by atoms with Gasteiger partial charge in [-0.15, -0.1) is 0 Å². The van der Waals surface area contributed by atoms with Crippen molar-refractivity contribution in [2.75, 3.05) is 6.61 Å². The van der Waals surface area contributed by atoms with Crippen molar-refractivity contribution in [2.45, 2.75) is 6.04 Å². The van der Waals surface area contributed by atoms with E-state index in [9.17, 15) is 5.11 Å². The van der Waals surface area contributed by atoms with E-state index < -0.39 is 6.04 Å². The van der Waals surface area contributed by atoms with Gasteiger partial charge in [-0.25, -0.2) is 0 Å². The summed E-state index contributed by atoms with van der Waals surface area (Å²) in [5.41, 5.74) is 6.08. The number of aliphatic hydroxyl groups is 1. The summed E-state index contributed by atoms with van der Waals surface area (Å²) < 4.78 is 0.786. The zero-order valence-corrected chi connectivity index (χ0v) is 7.95. The molecule has 12 heavy (non-hydrogen) atoms. The monoisotopic (exact) mass is 231 g/mol. The predicted octanol–water partition coefficient (Wildman–Crippen LogP) is 1.15. The van der Waals surface area contributed by atoms with Gasteiger partial charge in [0.25, 0.3) is 0 Å². The third-order valence-electron chi connectivity index (χ3n) is 1.59. The van der Waals surface area contributed by atoms with Crippen LogP contribution in [0.25, 0.3) is 0 Å². The Balaban J connectivity index is 3.01. The molecule has 3 nitrogen and oxygen atoms in total. The Hall–Kier alpha value is -0.580. The lowest BCUT2D eigenvalue weighted by Crippen LogP contribution is -2.14. The Morgan fingerprint density at radius 1 is 1.50 bits per heavy atom. The van der Waals surface area contributed by atoms with Crippen molar-refractivity contribution in [1.29, 1.82) is 0 Å². The SMILES string of the molecule is N[C@@H](CO)c1ccc(Br)cc1O. The lowest BCUT2D eigenvalue weighted by molar-refractivity contribution is 0.265. The molecular weight excluding hydrogens is 222 g/mol. The Kier molecular flexibility index (Phi) is 3.08. The number of rotatable bonds is 2. The van der Waals surface area contributed by atoms with Gasteiger partial charge in [0.2, 0.25) is 0 Å². The van der Waals surface area contributed by atoms with Crippen LogP contribution in [0.3, 0.4) is 0 Å². The van der Waals surface area contributed by atoms with Crippen LogP contribution in [0.4, 0.5) is 0 Å². The third kappa shape index (κ3) is 1.97. The maximum absolute atomic E-state index is 9.37. The molecule has 0 bridgehead atoms. The maximum atomic E-state index is 9.37. The molecule has 4 heteroatoms. The molecule has 0 saturated carbocycles. The van der Waals surface area contributed by atoms with Gasteiger partial charge in [-0.05, 0) is 12.1 Å². The molecule has 0 amide bonds. The zero-order valence-electron chi connectivity index (χ0n) is 6.37. The van der Waals surface area contributed by atoms with Gasteiger partial charge in [0.15, 0.2) is 0 Å². The zero-order chi connectivity index (χ0) is 9.14. The first kappa shape index (κ1) is 9.51. The summed E-state index contributed by atoms with van der Waals surface area (Å²) in [4.78, 5) is 0. The Morgan fingerprint density at radius 3 is 2.67 bits per heavy atom. The molecule has 1 aromatic rings. The Labute approximate surface area is 79.0 Å². The van der Waals surface area contributed by atoms with Gasteiger partial charge in [0, 0.05) is 10.0 Å². The summed E-state index contributed by atoms with van der Waals surface area (Å²) in [6.07, 6.45) is 0. The fourth-order valence-electron chi connectivity index (χ4n) is 0.929. The molecule has 1 atom stereocenters. The summed E-state index contributed by atoms with van der Waals surface area (Å²) >= 11 is 3.20. The average Bonchev–Trinajstić information content (AvgIpc) is 2.03. The van der Waals surface area contributed by atoms with E-state index >= 15 is 0 Å². The summed E-state index contributed by atoms with van der Waals surface area (Å²) in [6.45, 7) is -0.171. The minimum absolute atomic E-state index is 0.103. The highest BCUT2D eigenvalue weighted by molar-refractivity contribution is 9.10. The minimum Gasteiger partial charge on any atom is -0.508 e. The van der Waals surface area contributed by atoms with E-state index in [1.165, 1.54) is 0 Å². The second-order valence-corrected chi connectivity index (χ2v) is 3.41. The molecule has 0 aliphatic heterocycles. The number of aliphatic hydroxyl groups excluding tert-OH is 1. The van der Waals surface area contributed by atoms with Crippen molar-refractivity contribution in [3.05, 3.63) is 28.2 Å². The quantitative estimate of drug-likeness (QED) is 0.716. The van der Waals surface area contributed by atoms with Gasteiger partial charge in [-0.2, -0.15) is 0 Å². The van der Waals surface area contributed by atoms with Crippen LogP contribution in [-0.4, -0.2) is 16.8 Å². The molecule has 66 valence electrons. The second kappa shape index (κ2) is 3.89. The number of aromatic hydroxyl groups is 1.